The Morgan fingerprint density at radius 2 is 1.94 bits per heavy atom. The molecule has 160 valence electrons. The molecule has 1 aromatic carbocycles. The molecule has 5 rings (SSSR count). The summed E-state index contributed by atoms with van der Waals surface area (Å²) in [7, 11) is 0. The number of hydrogen-bond acceptors (Lipinski definition) is 7. The van der Waals surface area contributed by atoms with Crippen molar-refractivity contribution in [2.75, 3.05) is 38.5 Å². The number of aromatic nitrogens is 1. The predicted octanol–water partition coefficient (Wildman–Crippen LogP) is 1.12. The molecule has 1 unspecified atom stereocenters. The highest BCUT2D eigenvalue weighted by Crippen LogP contribution is 2.19. The van der Waals surface area contributed by atoms with E-state index in [4.69, 9.17) is 10.8 Å². The molecule has 4 heterocycles. The second kappa shape index (κ2) is 8.65. The molecule has 2 aromatic rings. The van der Waals surface area contributed by atoms with Gasteiger partial charge in [-0.1, -0.05) is 24.0 Å². The van der Waals surface area contributed by atoms with Crippen molar-refractivity contribution in [3.63, 3.8) is 0 Å². The van der Waals surface area contributed by atoms with Crippen LogP contribution < -0.4 is 11.1 Å². The van der Waals surface area contributed by atoms with Crippen molar-refractivity contribution in [2.45, 2.75) is 6.04 Å². The SMILES string of the molecule is Nc1cc(C#CC2CN=C3C=CC(c4ccc(C(=O)N5CCNCC5)cc4)=NN32)ccn1. The van der Waals surface area contributed by atoms with E-state index < -0.39 is 0 Å². The van der Waals surface area contributed by atoms with Crippen molar-refractivity contribution in [3.8, 4) is 11.8 Å². The second-order valence-corrected chi connectivity index (χ2v) is 7.74. The van der Waals surface area contributed by atoms with Crippen molar-refractivity contribution in [1.29, 1.82) is 0 Å². The minimum atomic E-state index is -0.145. The number of hydrazone groups is 1. The van der Waals surface area contributed by atoms with Gasteiger partial charge < -0.3 is 16.0 Å². The largest absolute Gasteiger partial charge is 0.384 e. The van der Waals surface area contributed by atoms with Crippen LogP contribution >= 0.6 is 0 Å². The fraction of sp³-hybridized carbons (Fsp3) is 0.250. The van der Waals surface area contributed by atoms with Crippen molar-refractivity contribution < 1.29 is 4.79 Å². The number of anilines is 1. The third kappa shape index (κ3) is 4.11. The Labute approximate surface area is 186 Å². The quantitative estimate of drug-likeness (QED) is 0.703. The molecule has 1 atom stereocenters. The molecule has 0 aliphatic carbocycles. The second-order valence-electron chi connectivity index (χ2n) is 7.74. The van der Waals surface area contributed by atoms with Crippen LogP contribution in [0.1, 0.15) is 21.5 Å². The van der Waals surface area contributed by atoms with Gasteiger partial charge in [-0.15, -0.1) is 0 Å². The maximum Gasteiger partial charge on any atom is 0.253 e. The van der Waals surface area contributed by atoms with Crippen LogP contribution in [0.3, 0.4) is 0 Å². The topological polar surface area (TPSA) is 99.2 Å². The number of pyridine rings is 1. The summed E-state index contributed by atoms with van der Waals surface area (Å²) >= 11 is 0. The summed E-state index contributed by atoms with van der Waals surface area (Å²) in [5, 5.41) is 9.90. The summed E-state index contributed by atoms with van der Waals surface area (Å²) in [6.45, 7) is 3.71. The fourth-order valence-corrected chi connectivity index (χ4v) is 3.83. The lowest BCUT2D eigenvalue weighted by molar-refractivity contribution is 0.0736. The first kappa shape index (κ1) is 20.0. The lowest BCUT2D eigenvalue weighted by atomic mass is 10.1. The van der Waals surface area contributed by atoms with Crippen LogP contribution in [0.25, 0.3) is 0 Å². The van der Waals surface area contributed by atoms with Gasteiger partial charge in [0, 0.05) is 49.1 Å². The van der Waals surface area contributed by atoms with Crippen molar-refractivity contribution in [1.82, 2.24) is 20.2 Å². The molecule has 1 fully saturated rings. The average molecular weight is 425 g/mol. The normalized spacial score (nSPS) is 19.6. The van der Waals surface area contributed by atoms with Crippen LogP contribution in [0.4, 0.5) is 5.82 Å². The number of carbonyl (C=O) groups is 1. The predicted molar refractivity (Wildman–Crippen MR) is 124 cm³/mol. The van der Waals surface area contributed by atoms with Gasteiger partial charge >= 0.3 is 0 Å². The van der Waals surface area contributed by atoms with E-state index >= 15 is 0 Å². The minimum absolute atomic E-state index is 0.0697. The maximum atomic E-state index is 12.7. The van der Waals surface area contributed by atoms with Crippen LogP contribution in [0, 0.1) is 11.8 Å². The number of nitrogens with one attached hydrogen (secondary N) is 1. The highest BCUT2D eigenvalue weighted by atomic mass is 16.2. The van der Waals surface area contributed by atoms with E-state index in [1.165, 1.54) is 0 Å². The number of nitrogens with two attached hydrogens (primary N) is 1. The fourth-order valence-electron chi connectivity index (χ4n) is 3.83. The summed E-state index contributed by atoms with van der Waals surface area (Å²) in [4.78, 5) is 23.1. The summed E-state index contributed by atoms with van der Waals surface area (Å²) in [5.41, 5.74) is 8.99. The Morgan fingerprint density at radius 1 is 1.12 bits per heavy atom. The Balaban J connectivity index is 1.32. The molecule has 8 nitrogen and oxygen atoms in total. The molecule has 0 saturated carbocycles. The summed E-state index contributed by atoms with van der Waals surface area (Å²) in [6, 6.07) is 11.1. The monoisotopic (exact) mass is 425 g/mol. The molecule has 0 spiro atoms. The number of nitrogen functional groups attached to an aromatic ring is 1. The summed E-state index contributed by atoms with van der Waals surface area (Å²) < 4.78 is 0. The molecule has 8 heteroatoms. The third-order valence-corrected chi connectivity index (χ3v) is 5.56. The number of benzene rings is 1. The zero-order valence-electron chi connectivity index (χ0n) is 17.5. The van der Waals surface area contributed by atoms with E-state index in [0.29, 0.717) is 17.9 Å². The Morgan fingerprint density at radius 3 is 2.72 bits per heavy atom. The number of fused-ring (bicyclic) bond motifs is 1. The van der Waals surface area contributed by atoms with Gasteiger partial charge in [-0.25, -0.2) is 9.99 Å². The standard InChI is InChI=1S/C24H23N7O/c25-22-15-17(9-10-27-22)1-6-20-16-28-23-8-7-21(29-31(20)23)18-2-4-19(5-3-18)24(32)30-13-11-26-12-14-30/h2-5,7-10,15,20,26H,11-14,16H2,(H2,25,27). The van der Waals surface area contributed by atoms with E-state index in [2.05, 4.69) is 27.1 Å². The van der Waals surface area contributed by atoms with Crippen molar-refractivity contribution in [2.24, 2.45) is 10.1 Å². The zero-order valence-corrected chi connectivity index (χ0v) is 17.5. The molecule has 3 N–H and O–H groups in total. The zero-order chi connectivity index (χ0) is 21.9. The number of nitrogens with zero attached hydrogens (tertiary/aromatic N) is 5. The van der Waals surface area contributed by atoms with Gasteiger partial charge in [0.2, 0.25) is 0 Å². The smallest absolute Gasteiger partial charge is 0.253 e. The van der Waals surface area contributed by atoms with E-state index in [1.807, 2.05) is 52.4 Å². The summed E-state index contributed by atoms with van der Waals surface area (Å²) in [5.74, 6) is 7.69. The molecule has 32 heavy (non-hydrogen) atoms. The Kier molecular flexibility index (Phi) is 5.40. The van der Waals surface area contributed by atoms with Gasteiger partial charge in [0.1, 0.15) is 17.7 Å². The molecular weight excluding hydrogens is 402 g/mol. The number of amides is 1. The third-order valence-electron chi connectivity index (χ3n) is 5.56. The van der Waals surface area contributed by atoms with E-state index in [9.17, 15) is 4.79 Å². The Bertz CT molecular complexity index is 1180. The van der Waals surface area contributed by atoms with Crippen LogP contribution in [-0.4, -0.2) is 71.1 Å². The van der Waals surface area contributed by atoms with Gasteiger partial charge in [0.05, 0.1) is 12.3 Å². The lowest BCUT2D eigenvalue weighted by Gasteiger charge is -2.27. The van der Waals surface area contributed by atoms with Gasteiger partial charge in [-0.3, -0.25) is 9.79 Å². The van der Waals surface area contributed by atoms with Crippen molar-refractivity contribution >= 4 is 23.3 Å². The molecule has 0 radical (unpaired) electrons. The average Bonchev–Trinajstić information content (AvgIpc) is 3.25. The number of piperazine rings is 1. The molecule has 3 aliphatic rings. The van der Waals surface area contributed by atoms with E-state index in [-0.39, 0.29) is 11.9 Å². The first-order valence-electron chi connectivity index (χ1n) is 10.6. The number of hydrogen-bond donors (Lipinski definition) is 2. The number of allylic oxidation sites excluding steroid dienone is 1. The van der Waals surface area contributed by atoms with E-state index in [1.54, 1.807) is 12.3 Å². The van der Waals surface area contributed by atoms with Crippen LogP contribution in [0.5, 0.6) is 0 Å². The maximum absolute atomic E-state index is 12.7. The minimum Gasteiger partial charge on any atom is -0.384 e. The van der Waals surface area contributed by atoms with Gasteiger partial charge in [-0.2, -0.15) is 5.10 Å². The van der Waals surface area contributed by atoms with Crippen molar-refractivity contribution in [3.05, 3.63) is 71.4 Å². The Hall–Kier alpha value is -3.96. The number of rotatable bonds is 2. The molecule has 1 amide bonds. The molecule has 1 aromatic heterocycles. The van der Waals surface area contributed by atoms with Crippen LogP contribution in [-0.2, 0) is 0 Å². The van der Waals surface area contributed by atoms with Gasteiger partial charge in [0.25, 0.3) is 5.91 Å². The first-order valence-corrected chi connectivity index (χ1v) is 10.6. The molecule has 0 bridgehead atoms. The molecule has 3 aliphatic heterocycles. The van der Waals surface area contributed by atoms with Gasteiger partial charge in [0.15, 0.2) is 0 Å². The number of aliphatic imine (C=N–C) groups is 1. The van der Waals surface area contributed by atoms with Crippen LogP contribution in [0.2, 0.25) is 0 Å². The molecule has 1 saturated heterocycles. The van der Waals surface area contributed by atoms with Crippen LogP contribution in [0.15, 0.2) is 64.8 Å². The summed E-state index contributed by atoms with van der Waals surface area (Å²) in [6.07, 6.45) is 5.54. The van der Waals surface area contributed by atoms with E-state index in [0.717, 1.165) is 48.9 Å². The highest BCUT2D eigenvalue weighted by molar-refractivity contribution is 6.14. The number of carbonyl (C=O) groups excluding carboxylic acids is 1. The first-order chi connectivity index (χ1) is 15.7. The van der Waals surface area contributed by atoms with Gasteiger partial charge in [-0.05, 0) is 36.4 Å². The molecular formula is C24H23N7O. The highest BCUT2D eigenvalue weighted by Gasteiger charge is 2.27. The lowest BCUT2D eigenvalue weighted by Crippen LogP contribution is -2.46. The number of amidine groups is 1.